The quantitative estimate of drug-likeness (QED) is 0.738. The number of carbonyl (C=O) groups excluding carboxylic acids is 2. The van der Waals surface area contributed by atoms with E-state index in [1.54, 1.807) is 6.92 Å². The highest BCUT2D eigenvalue weighted by molar-refractivity contribution is 5.90. The number of carbonyl (C=O) groups is 2. The lowest BCUT2D eigenvalue weighted by Gasteiger charge is -2.51. The number of hydrogen-bond donors (Lipinski definition) is 1. The van der Waals surface area contributed by atoms with Crippen LogP contribution in [0.1, 0.15) is 69.5 Å². The van der Waals surface area contributed by atoms with E-state index in [1.165, 1.54) is 6.42 Å². The summed E-state index contributed by atoms with van der Waals surface area (Å²) in [6.07, 6.45) is 7.94. The number of nitrogens with one attached hydrogen (secondary N) is 1. The van der Waals surface area contributed by atoms with Gasteiger partial charge in [0.2, 0.25) is 11.8 Å². The van der Waals surface area contributed by atoms with E-state index in [1.807, 2.05) is 41.3 Å². The molecule has 31 heavy (non-hydrogen) atoms. The Labute approximate surface area is 185 Å². The third-order valence-electron chi connectivity index (χ3n) is 6.96. The monoisotopic (exact) mass is 416 g/mol. The summed E-state index contributed by atoms with van der Waals surface area (Å²) < 4.78 is 0. The van der Waals surface area contributed by atoms with Gasteiger partial charge < -0.3 is 10.2 Å². The molecule has 1 heterocycles. The predicted molar refractivity (Wildman–Crippen MR) is 123 cm³/mol. The molecule has 2 aliphatic rings. The van der Waals surface area contributed by atoms with E-state index in [9.17, 15) is 9.59 Å². The zero-order valence-electron chi connectivity index (χ0n) is 18.5. The SMILES string of the molecule is CC(=O)N1C(c2ccccc2)CCC(C)(c2ccccc2)C1C(=O)NC1=CCCCC1. The molecular weight excluding hydrogens is 384 g/mol. The van der Waals surface area contributed by atoms with Crippen LogP contribution >= 0.6 is 0 Å². The lowest BCUT2D eigenvalue weighted by molar-refractivity contribution is -0.148. The first-order valence-corrected chi connectivity index (χ1v) is 11.4. The summed E-state index contributed by atoms with van der Waals surface area (Å²) >= 11 is 0. The molecule has 162 valence electrons. The van der Waals surface area contributed by atoms with E-state index in [-0.39, 0.29) is 17.9 Å². The molecule has 4 heteroatoms. The number of hydrogen-bond acceptors (Lipinski definition) is 2. The average molecular weight is 417 g/mol. The summed E-state index contributed by atoms with van der Waals surface area (Å²) in [7, 11) is 0. The molecular formula is C27H32N2O2. The summed E-state index contributed by atoms with van der Waals surface area (Å²) in [4.78, 5) is 28.7. The molecule has 2 aromatic rings. The van der Waals surface area contributed by atoms with Gasteiger partial charge in [-0.1, -0.05) is 73.7 Å². The van der Waals surface area contributed by atoms with Crippen LogP contribution in [0, 0.1) is 0 Å². The number of likely N-dealkylation sites (tertiary alicyclic amines) is 1. The van der Waals surface area contributed by atoms with Crippen LogP contribution in [0.15, 0.2) is 72.4 Å². The van der Waals surface area contributed by atoms with Crippen molar-refractivity contribution in [3.05, 3.63) is 83.6 Å². The molecule has 1 aliphatic carbocycles. The maximum atomic E-state index is 13.8. The smallest absolute Gasteiger partial charge is 0.247 e. The van der Waals surface area contributed by atoms with E-state index in [4.69, 9.17) is 0 Å². The lowest BCUT2D eigenvalue weighted by atomic mass is 9.67. The van der Waals surface area contributed by atoms with Crippen molar-refractivity contribution in [3.63, 3.8) is 0 Å². The summed E-state index contributed by atoms with van der Waals surface area (Å²) in [5.74, 6) is -0.135. The van der Waals surface area contributed by atoms with Crippen LogP contribution in [0.2, 0.25) is 0 Å². The Balaban J connectivity index is 1.77. The maximum absolute atomic E-state index is 13.8. The Hall–Kier alpha value is -2.88. The Morgan fingerprint density at radius 2 is 1.68 bits per heavy atom. The third-order valence-corrected chi connectivity index (χ3v) is 6.96. The van der Waals surface area contributed by atoms with Gasteiger partial charge in [0.1, 0.15) is 6.04 Å². The van der Waals surface area contributed by atoms with Crippen LogP contribution in [0.25, 0.3) is 0 Å². The zero-order chi connectivity index (χ0) is 21.8. The highest BCUT2D eigenvalue weighted by Crippen LogP contribution is 2.46. The highest BCUT2D eigenvalue weighted by atomic mass is 16.2. The molecule has 4 nitrogen and oxygen atoms in total. The minimum Gasteiger partial charge on any atom is -0.328 e. The topological polar surface area (TPSA) is 49.4 Å². The van der Waals surface area contributed by atoms with Crippen molar-refractivity contribution >= 4 is 11.8 Å². The Morgan fingerprint density at radius 3 is 2.29 bits per heavy atom. The number of piperidine rings is 1. The summed E-state index contributed by atoms with van der Waals surface area (Å²) in [6, 6.07) is 19.6. The van der Waals surface area contributed by atoms with Crippen LogP contribution in [-0.2, 0) is 15.0 Å². The van der Waals surface area contributed by atoms with Crippen molar-refractivity contribution in [2.75, 3.05) is 0 Å². The van der Waals surface area contributed by atoms with Gasteiger partial charge in [0.15, 0.2) is 0 Å². The van der Waals surface area contributed by atoms with Gasteiger partial charge in [-0.2, -0.15) is 0 Å². The highest BCUT2D eigenvalue weighted by Gasteiger charge is 2.51. The van der Waals surface area contributed by atoms with E-state index in [0.717, 1.165) is 48.9 Å². The largest absolute Gasteiger partial charge is 0.328 e. The van der Waals surface area contributed by atoms with Gasteiger partial charge in [0.25, 0.3) is 0 Å². The zero-order valence-corrected chi connectivity index (χ0v) is 18.5. The maximum Gasteiger partial charge on any atom is 0.247 e. The van der Waals surface area contributed by atoms with Crippen molar-refractivity contribution in [2.45, 2.75) is 69.9 Å². The minimum atomic E-state index is -0.575. The molecule has 1 fully saturated rings. The van der Waals surface area contributed by atoms with Gasteiger partial charge in [-0.15, -0.1) is 0 Å². The first-order chi connectivity index (χ1) is 15.0. The Bertz CT molecular complexity index is 954. The van der Waals surface area contributed by atoms with Crippen molar-refractivity contribution < 1.29 is 9.59 Å². The molecule has 0 radical (unpaired) electrons. The molecule has 0 saturated carbocycles. The summed E-state index contributed by atoms with van der Waals surface area (Å²) in [5, 5.41) is 3.20. The van der Waals surface area contributed by atoms with Gasteiger partial charge in [0, 0.05) is 18.0 Å². The van der Waals surface area contributed by atoms with Crippen molar-refractivity contribution in [1.29, 1.82) is 0 Å². The molecule has 3 unspecified atom stereocenters. The predicted octanol–water partition coefficient (Wildman–Crippen LogP) is 5.27. The van der Waals surface area contributed by atoms with Crippen molar-refractivity contribution in [2.24, 2.45) is 0 Å². The van der Waals surface area contributed by atoms with Crippen LogP contribution in [-0.4, -0.2) is 22.8 Å². The van der Waals surface area contributed by atoms with Gasteiger partial charge >= 0.3 is 0 Å². The average Bonchev–Trinajstić information content (AvgIpc) is 2.80. The van der Waals surface area contributed by atoms with Gasteiger partial charge in [0.05, 0.1) is 6.04 Å². The molecule has 2 aromatic carbocycles. The van der Waals surface area contributed by atoms with E-state index in [2.05, 4.69) is 42.6 Å². The number of nitrogens with zero attached hydrogens (tertiary/aromatic N) is 1. The third kappa shape index (κ3) is 4.30. The normalized spacial score (nSPS) is 26.1. The first kappa shape index (κ1) is 21.4. The minimum absolute atomic E-state index is 0.0616. The van der Waals surface area contributed by atoms with E-state index >= 15 is 0 Å². The lowest BCUT2D eigenvalue weighted by Crippen LogP contribution is -2.62. The second kappa shape index (κ2) is 9.09. The standard InChI is InChI=1S/C27H32N2O2/c1-20(30)29-24(21-12-6-3-7-13-21)18-19-27(2,22-14-8-4-9-15-22)25(29)26(31)28-23-16-10-5-11-17-23/h3-4,6-9,12-16,24-25H,5,10-11,17-19H2,1-2H3,(H,28,31). The molecule has 3 atom stereocenters. The van der Waals surface area contributed by atoms with E-state index < -0.39 is 11.5 Å². The fourth-order valence-electron chi connectivity index (χ4n) is 5.32. The molecule has 4 rings (SSSR count). The fraction of sp³-hybridized carbons (Fsp3) is 0.407. The number of amides is 2. The summed E-state index contributed by atoms with van der Waals surface area (Å²) in [5.41, 5.74) is 2.72. The molecule has 0 spiro atoms. The molecule has 0 bridgehead atoms. The van der Waals surface area contributed by atoms with Crippen LogP contribution in [0.3, 0.4) is 0 Å². The first-order valence-electron chi connectivity index (χ1n) is 11.4. The second-order valence-corrected chi connectivity index (χ2v) is 9.04. The van der Waals surface area contributed by atoms with Gasteiger partial charge in [-0.25, -0.2) is 0 Å². The van der Waals surface area contributed by atoms with Crippen LogP contribution in [0.4, 0.5) is 0 Å². The molecule has 1 aliphatic heterocycles. The number of rotatable bonds is 4. The Morgan fingerprint density at radius 1 is 1.00 bits per heavy atom. The van der Waals surface area contributed by atoms with Crippen molar-refractivity contribution in [3.8, 4) is 0 Å². The summed E-state index contributed by atoms with van der Waals surface area (Å²) in [6.45, 7) is 3.73. The molecule has 1 saturated heterocycles. The second-order valence-electron chi connectivity index (χ2n) is 9.04. The van der Waals surface area contributed by atoms with Gasteiger partial charge in [-0.05, 0) is 49.7 Å². The molecule has 2 amide bonds. The number of benzene rings is 2. The van der Waals surface area contributed by atoms with Gasteiger partial charge in [-0.3, -0.25) is 9.59 Å². The molecule has 0 aromatic heterocycles. The number of allylic oxidation sites excluding steroid dienone is 2. The van der Waals surface area contributed by atoms with E-state index in [0.29, 0.717) is 0 Å². The Kier molecular flexibility index (Phi) is 6.26. The van der Waals surface area contributed by atoms with Crippen molar-refractivity contribution in [1.82, 2.24) is 10.2 Å². The fourth-order valence-corrected chi connectivity index (χ4v) is 5.32. The van der Waals surface area contributed by atoms with Crippen LogP contribution < -0.4 is 5.32 Å². The molecule has 1 N–H and O–H groups in total. The van der Waals surface area contributed by atoms with Crippen LogP contribution in [0.5, 0.6) is 0 Å².